The van der Waals surface area contributed by atoms with E-state index in [9.17, 15) is 4.79 Å². The molecule has 1 aliphatic heterocycles. The number of ether oxygens (including phenoxy) is 2. The van der Waals surface area contributed by atoms with Gasteiger partial charge in [0, 0.05) is 13.1 Å². The molecule has 1 saturated heterocycles. The lowest BCUT2D eigenvalue weighted by molar-refractivity contribution is -0.145. The maximum absolute atomic E-state index is 12.5. The van der Waals surface area contributed by atoms with Crippen LogP contribution in [0.15, 0.2) is 42.9 Å². The minimum Gasteiger partial charge on any atom is -0.467 e. The van der Waals surface area contributed by atoms with Gasteiger partial charge < -0.3 is 14.4 Å². The van der Waals surface area contributed by atoms with Gasteiger partial charge in [0.2, 0.25) is 5.88 Å². The topological polar surface area (TPSA) is 82.4 Å². The number of hydrogen-bond acceptors (Lipinski definition) is 6. The summed E-state index contributed by atoms with van der Waals surface area (Å²) in [6, 6.07) is 9.70. The van der Waals surface area contributed by atoms with Crippen molar-refractivity contribution in [2.45, 2.75) is 26.1 Å². The highest BCUT2D eigenvalue weighted by molar-refractivity contribution is 5.82. The number of morpholine rings is 1. The van der Waals surface area contributed by atoms with Crippen LogP contribution in [0.4, 0.5) is 0 Å². The molecule has 0 N–H and O–H groups in total. The Kier molecular flexibility index (Phi) is 4.72. The summed E-state index contributed by atoms with van der Waals surface area (Å²) >= 11 is 0. The van der Waals surface area contributed by atoms with Gasteiger partial charge in [-0.05, 0) is 26.0 Å². The Bertz CT molecular complexity index is 933. The lowest BCUT2D eigenvalue weighted by Crippen LogP contribution is -2.49. The van der Waals surface area contributed by atoms with Crippen molar-refractivity contribution in [2.75, 3.05) is 19.7 Å². The number of para-hydroxylation sites is 1. The van der Waals surface area contributed by atoms with Gasteiger partial charge in [-0.2, -0.15) is 5.10 Å². The number of rotatable bonds is 4. The van der Waals surface area contributed by atoms with Crippen LogP contribution in [0.25, 0.3) is 16.7 Å². The summed E-state index contributed by atoms with van der Waals surface area (Å²) in [4.78, 5) is 22.8. The predicted octanol–water partition coefficient (Wildman–Crippen LogP) is 1.83. The highest BCUT2D eigenvalue weighted by atomic mass is 16.5. The summed E-state index contributed by atoms with van der Waals surface area (Å²) in [5, 5.41) is 5.05. The molecule has 3 heterocycles. The van der Waals surface area contributed by atoms with Crippen LogP contribution >= 0.6 is 0 Å². The molecule has 27 heavy (non-hydrogen) atoms. The monoisotopic (exact) mass is 367 g/mol. The Morgan fingerprint density at radius 3 is 2.67 bits per heavy atom. The largest absolute Gasteiger partial charge is 0.467 e. The van der Waals surface area contributed by atoms with Crippen molar-refractivity contribution in [2.24, 2.45) is 0 Å². The second-order valence-electron chi connectivity index (χ2n) is 6.65. The fourth-order valence-electron chi connectivity index (χ4n) is 3.30. The molecule has 0 unspecified atom stereocenters. The molecule has 0 bridgehead atoms. The molecule has 8 nitrogen and oxygen atoms in total. The minimum absolute atomic E-state index is 0.0209. The molecule has 1 aliphatic rings. The first-order chi connectivity index (χ1) is 13.1. The summed E-state index contributed by atoms with van der Waals surface area (Å²) in [5.74, 6) is 0.268. The lowest BCUT2D eigenvalue weighted by atomic mass is 10.2. The summed E-state index contributed by atoms with van der Waals surface area (Å²) in [6.07, 6.45) is 3.11. The van der Waals surface area contributed by atoms with Gasteiger partial charge in [0.15, 0.2) is 12.3 Å². The van der Waals surface area contributed by atoms with E-state index in [0.29, 0.717) is 30.0 Å². The number of nitrogens with zero attached hydrogens (tertiary/aromatic N) is 5. The second kappa shape index (κ2) is 7.32. The maximum atomic E-state index is 12.5. The normalized spacial score (nSPS) is 20.0. The van der Waals surface area contributed by atoms with E-state index in [1.54, 1.807) is 15.8 Å². The van der Waals surface area contributed by atoms with Crippen molar-refractivity contribution >= 4 is 16.9 Å². The van der Waals surface area contributed by atoms with Crippen LogP contribution < -0.4 is 4.74 Å². The second-order valence-corrected chi connectivity index (χ2v) is 6.65. The molecule has 0 aliphatic carbocycles. The van der Waals surface area contributed by atoms with Crippen molar-refractivity contribution < 1.29 is 14.3 Å². The number of carbonyl (C=O) groups excluding carboxylic acids is 1. The molecule has 0 radical (unpaired) electrons. The van der Waals surface area contributed by atoms with Gasteiger partial charge in [-0.3, -0.25) is 4.79 Å². The molecule has 140 valence electrons. The first kappa shape index (κ1) is 17.4. The van der Waals surface area contributed by atoms with Crippen molar-refractivity contribution in [3.63, 3.8) is 0 Å². The zero-order chi connectivity index (χ0) is 18.8. The van der Waals surface area contributed by atoms with E-state index in [4.69, 9.17) is 9.47 Å². The van der Waals surface area contributed by atoms with Crippen LogP contribution in [0.3, 0.4) is 0 Å². The fraction of sp³-hybridized carbons (Fsp3) is 0.368. The molecule has 2 atom stereocenters. The highest BCUT2D eigenvalue weighted by Gasteiger charge is 2.26. The van der Waals surface area contributed by atoms with Crippen LogP contribution in [0.5, 0.6) is 5.88 Å². The summed E-state index contributed by atoms with van der Waals surface area (Å²) in [6.45, 7) is 4.98. The lowest BCUT2D eigenvalue weighted by Gasteiger charge is -2.35. The van der Waals surface area contributed by atoms with E-state index in [0.717, 1.165) is 5.69 Å². The highest BCUT2D eigenvalue weighted by Crippen LogP contribution is 2.23. The van der Waals surface area contributed by atoms with Crippen LogP contribution in [-0.2, 0) is 9.53 Å². The predicted molar refractivity (Wildman–Crippen MR) is 98.7 cm³/mol. The van der Waals surface area contributed by atoms with Crippen LogP contribution in [0.1, 0.15) is 13.8 Å². The van der Waals surface area contributed by atoms with Crippen molar-refractivity contribution in [3.8, 4) is 11.6 Å². The molecule has 0 saturated carbocycles. The number of hydrogen-bond donors (Lipinski definition) is 0. The Morgan fingerprint density at radius 2 is 1.93 bits per heavy atom. The number of carbonyl (C=O) groups is 1. The molecule has 8 heteroatoms. The van der Waals surface area contributed by atoms with Crippen molar-refractivity contribution in [1.29, 1.82) is 0 Å². The summed E-state index contributed by atoms with van der Waals surface area (Å²) in [5.41, 5.74) is 1.52. The Morgan fingerprint density at radius 1 is 1.19 bits per heavy atom. The van der Waals surface area contributed by atoms with E-state index in [-0.39, 0.29) is 24.7 Å². The molecule has 0 spiro atoms. The minimum atomic E-state index is -0.0841. The van der Waals surface area contributed by atoms with Gasteiger partial charge in [0.25, 0.3) is 5.91 Å². The standard InChI is InChI=1S/C19H21N5O3/c1-13-9-23(10-14(2)27-13)17(25)11-26-19-16-8-22-24(18(16)20-12-21-19)15-6-4-3-5-7-15/h3-8,12-14H,9-11H2,1-2H3/t13-,14+. The quantitative estimate of drug-likeness (QED) is 0.700. The van der Waals surface area contributed by atoms with Gasteiger partial charge in [0.05, 0.1) is 24.1 Å². The molecule has 1 amide bonds. The molecular formula is C19H21N5O3. The Hall–Kier alpha value is -3.00. The van der Waals surface area contributed by atoms with Gasteiger partial charge in [-0.25, -0.2) is 14.6 Å². The van der Waals surface area contributed by atoms with Crippen molar-refractivity contribution in [3.05, 3.63) is 42.9 Å². The van der Waals surface area contributed by atoms with Gasteiger partial charge in [-0.1, -0.05) is 18.2 Å². The third-order valence-corrected chi connectivity index (χ3v) is 4.43. The number of amides is 1. The molecule has 3 aromatic rings. The number of aromatic nitrogens is 4. The van der Waals surface area contributed by atoms with Crippen molar-refractivity contribution in [1.82, 2.24) is 24.6 Å². The summed E-state index contributed by atoms with van der Waals surface area (Å²) in [7, 11) is 0. The van der Waals surface area contributed by atoms with E-state index in [2.05, 4.69) is 15.1 Å². The molecule has 1 fully saturated rings. The third kappa shape index (κ3) is 3.61. The SMILES string of the molecule is C[C@@H]1CN(C(=O)COc2ncnc3c2cnn3-c2ccccc2)C[C@H](C)O1. The average Bonchev–Trinajstić information content (AvgIpc) is 3.10. The van der Waals surface area contributed by atoms with Gasteiger partial charge in [0.1, 0.15) is 11.7 Å². The first-order valence-electron chi connectivity index (χ1n) is 8.92. The molecule has 4 rings (SSSR count). The van der Waals surface area contributed by atoms with E-state index in [1.165, 1.54) is 6.33 Å². The first-order valence-corrected chi connectivity index (χ1v) is 8.92. The van der Waals surface area contributed by atoms with Crippen LogP contribution in [-0.4, -0.2) is 62.5 Å². The van der Waals surface area contributed by atoms with E-state index in [1.807, 2.05) is 44.2 Å². The Balaban J connectivity index is 1.51. The van der Waals surface area contributed by atoms with Gasteiger partial charge in [-0.15, -0.1) is 0 Å². The molecular weight excluding hydrogens is 346 g/mol. The fourth-order valence-corrected chi connectivity index (χ4v) is 3.30. The van der Waals surface area contributed by atoms with E-state index < -0.39 is 0 Å². The molecule has 2 aromatic heterocycles. The summed E-state index contributed by atoms with van der Waals surface area (Å²) < 4.78 is 13.1. The number of fused-ring (bicyclic) bond motifs is 1. The zero-order valence-electron chi connectivity index (χ0n) is 15.3. The maximum Gasteiger partial charge on any atom is 0.260 e. The smallest absolute Gasteiger partial charge is 0.260 e. The van der Waals surface area contributed by atoms with Crippen LogP contribution in [0, 0.1) is 0 Å². The van der Waals surface area contributed by atoms with Gasteiger partial charge >= 0.3 is 0 Å². The Labute approximate surface area is 156 Å². The van der Waals surface area contributed by atoms with Crippen LogP contribution in [0.2, 0.25) is 0 Å². The number of benzene rings is 1. The zero-order valence-corrected chi connectivity index (χ0v) is 15.3. The molecule has 1 aromatic carbocycles. The average molecular weight is 367 g/mol. The third-order valence-electron chi connectivity index (χ3n) is 4.43. The van der Waals surface area contributed by atoms with E-state index >= 15 is 0 Å².